The number of hydrogen-bond donors (Lipinski definition) is 0. The molecular weight excluding hydrogens is 613 g/mol. The fourth-order valence-corrected chi connectivity index (χ4v) is 7.14. The summed E-state index contributed by atoms with van der Waals surface area (Å²) in [6.45, 7) is 0. The number of para-hydroxylation sites is 2. The van der Waals surface area contributed by atoms with Crippen LogP contribution in [-0.4, -0.2) is 19.5 Å². The van der Waals surface area contributed by atoms with Crippen LogP contribution >= 0.6 is 0 Å². The molecule has 0 unspecified atom stereocenters. The lowest BCUT2D eigenvalue weighted by molar-refractivity contribution is 0.670. The number of rotatable bonds is 5. The summed E-state index contributed by atoms with van der Waals surface area (Å²) in [5.74, 6) is 1.91. The summed E-state index contributed by atoms with van der Waals surface area (Å²) >= 11 is 0. The Balaban J connectivity index is 1.20. The summed E-state index contributed by atoms with van der Waals surface area (Å²) in [5, 5.41) is 4.57. The Bertz CT molecular complexity index is 2780. The van der Waals surface area contributed by atoms with E-state index in [2.05, 4.69) is 108 Å². The molecule has 0 radical (unpaired) electrons. The molecule has 7 aromatic carbocycles. The van der Waals surface area contributed by atoms with Gasteiger partial charge in [-0.2, -0.15) is 0 Å². The van der Waals surface area contributed by atoms with Crippen molar-refractivity contribution in [2.75, 3.05) is 0 Å². The number of fused-ring (bicyclic) bond motifs is 7. The molecule has 5 nitrogen and oxygen atoms in total. The van der Waals surface area contributed by atoms with Gasteiger partial charge in [0.1, 0.15) is 11.2 Å². The van der Waals surface area contributed by atoms with E-state index >= 15 is 0 Å². The maximum atomic E-state index is 6.67. The molecule has 3 aromatic heterocycles. The quantitative estimate of drug-likeness (QED) is 0.188. The van der Waals surface area contributed by atoms with E-state index in [4.69, 9.17) is 19.4 Å². The number of furan rings is 1. The van der Waals surface area contributed by atoms with E-state index in [9.17, 15) is 0 Å². The summed E-state index contributed by atoms with van der Waals surface area (Å²) in [7, 11) is 0. The van der Waals surface area contributed by atoms with Gasteiger partial charge in [-0.25, -0.2) is 15.0 Å². The van der Waals surface area contributed by atoms with E-state index in [0.29, 0.717) is 17.5 Å². The van der Waals surface area contributed by atoms with E-state index in [-0.39, 0.29) is 0 Å². The second-order valence-electron chi connectivity index (χ2n) is 12.4. The van der Waals surface area contributed by atoms with Crippen LogP contribution < -0.4 is 0 Å². The van der Waals surface area contributed by atoms with Crippen molar-refractivity contribution in [2.24, 2.45) is 0 Å². The topological polar surface area (TPSA) is 56.7 Å². The third-order valence-electron chi connectivity index (χ3n) is 9.45. The molecule has 0 spiro atoms. The van der Waals surface area contributed by atoms with Gasteiger partial charge in [-0.3, -0.25) is 0 Å². The average molecular weight is 641 g/mol. The second-order valence-corrected chi connectivity index (χ2v) is 12.4. The van der Waals surface area contributed by atoms with Gasteiger partial charge in [-0.15, -0.1) is 0 Å². The molecule has 234 valence electrons. The summed E-state index contributed by atoms with van der Waals surface area (Å²) in [4.78, 5) is 14.8. The molecule has 0 amide bonds. The molecule has 0 aliphatic heterocycles. The van der Waals surface area contributed by atoms with Gasteiger partial charge < -0.3 is 8.98 Å². The number of hydrogen-bond acceptors (Lipinski definition) is 4. The maximum absolute atomic E-state index is 6.67. The van der Waals surface area contributed by atoms with Gasteiger partial charge >= 0.3 is 0 Å². The molecule has 0 N–H and O–H groups in total. The van der Waals surface area contributed by atoms with Crippen LogP contribution in [-0.2, 0) is 0 Å². The van der Waals surface area contributed by atoms with Crippen LogP contribution in [0.5, 0.6) is 0 Å². The molecule has 10 rings (SSSR count). The van der Waals surface area contributed by atoms with Crippen LogP contribution in [0.15, 0.2) is 174 Å². The SMILES string of the molecule is c1ccc(-c2nc(-c3ccccc3)nc(-c3ccc(-n4c5ccccc5c5cc(-c6ccccc6)c6oc7ccccc7c6c54)cc3)n2)cc1. The van der Waals surface area contributed by atoms with Gasteiger partial charge in [0.15, 0.2) is 17.5 Å². The molecule has 0 saturated heterocycles. The Morgan fingerprint density at radius 2 is 0.920 bits per heavy atom. The molecule has 0 fully saturated rings. The Morgan fingerprint density at radius 1 is 0.420 bits per heavy atom. The van der Waals surface area contributed by atoms with Crippen molar-refractivity contribution < 1.29 is 4.42 Å². The molecule has 0 aliphatic carbocycles. The number of aromatic nitrogens is 4. The van der Waals surface area contributed by atoms with E-state index in [1.807, 2.05) is 66.7 Å². The summed E-state index contributed by atoms with van der Waals surface area (Å²) < 4.78 is 9.04. The smallest absolute Gasteiger partial charge is 0.164 e. The highest BCUT2D eigenvalue weighted by Crippen LogP contribution is 2.45. The molecule has 0 bridgehead atoms. The lowest BCUT2D eigenvalue weighted by Gasteiger charge is -2.12. The second kappa shape index (κ2) is 11.4. The molecule has 0 atom stereocenters. The fraction of sp³-hybridized carbons (Fsp3) is 0. The molecule has 10 aromatic rings. The zero-order valence-electron chi connectivity index (χ0n) is 26.9. The lowest BCUT2D eigenvalue weighted by atomic mass is 9.98. The first-order chi connectivity index (χ1) is 24.8. The highest BCUT2D eigenvalue weighted by atomic mass is 16.3. The number of nitrogens with zero attached hydrogens (tertiary/aromatic N) is 4. The van der Waals surface area contributed by atoms with Crippen LogP contribution in [0.3, 0.4) is 0 Å². The van der Waals surface area contributed by atoms with E-state index in [1.165, 1.54) is 10.8 Å². The molecule has 5 heteroatoms. The van der Waals surface area contributed by atoms with Gasteiger partial charge in [0.05, 0.1) is 16.4 Å². The Morgan fingerprint density at radius 3 is 1.54 bits per heavy atom. The Labute approximate surface area is 287 Å². The minimum Gasteiger partial charge on any atom is -0.455 e. The third-order valence-corrected chi connectivity index (χ3v) is 9.45. The zero-order valence-corrected chi connectivity index (χ0v) is 26.9. The first-order valence-electron chi connectivity index (χ1n) is 16.7. The minimum atomic E-state index is 0.627. The van der Waals surface area contributed by atoms with Crippen LogP contribution in [0.1, 0.15) is 0 Å². The van der Waals surface area contributed by atoms with Gasteiger partial charge in [-0.05, 0) is 48.0 Å². The molecule has 0 saturated carbocycles. The molecule has 3 heterocycles. The van der Waals surface area contributed by atoms with Crippen molar-refractivity contribution in [2.45, 2.75) is 0 Å². The van der Waals surface area contributed by atoms with Crippen molar-refractivity contribution in [1.29, 1.82) is 0 Å². The standard InChI is InChI=1S/C45H28N4O/c1-4-14-29(15-5-1)36-28-37-34-20-10-12-22-38(34)49(41(37)40-35-21-11-13-23-39(35)50-42(36)40)33-26-24-32(25-27-33)45-47-43(30-16-6-2-7-17-30)46-44(48-45)31-18-8-3-9-19-31/h1-28H. The first kappa shape index (κ1) is 28.2. The highest BCUT2D eigenvalue weighted by molar-refractivity contribution is 6.27. The maximum Gasteiger partial charge on any atom is 0.164 e. The summed E-state index contributed by atoms with van der Waals surface area (Å²) in [6.07, 6.45) is 0. The molecule has 0 aliphatic rings. The Hall–Kier alpha value is -6.85. The van der Waals surface area contributed by atoms with Crippen LogP contribution in [0.4, 0.5) is 0 Å². The third kappa shape index (κ3) is 4.52. The van der Waals surface area contributed by atoms with Gasteiger partial charge in [0, 0.05) is 44.1 Å². The number of benzene rings is 7. The average Bonchev–Trinajstić information content (AvgIpc) is 3.75. The normalized spacial score (nSPS) is 11.6. The predicted molar refractivity (Wildman–Crippen MR) is 203 cm³/mol. The van der Waals surface area contributed by atoms with Crippen molar-refractivity contribution in [3.63, 3.8) is 0 Å². The van der Waals surface area contributed by atoms with Crippen molar-refractivity contribution in [3.05, 3.63) is 170 Å². The van der Waals surface area contributed by atoms with Crippen molar-refractivity contribution in [1.82, 2.24) is 19.5 Å². The van der Waals surface area contributed by atoms with Crippen LogP contribution in [0.25, 0.3) is 94.7 Å². The van der Waals surface area contributed by atoms with Gasteiger partial charge in [0.2, 0.25) is 0 Å². The molecule has 50 heavy (non-hydrogen) atoms. The largest absolute Gasteiger partial charge is 0.455 e. The zero-order chi connectivity index (χ0) is 33.0. The predicted octanol–water partition coefficient (Wildman–Crippen LogP) is 11.5. The van der Waals surface area contributed by atoms with Crippen LogP contribution in [0.2, 0.25) is 0 Å². The first-order valence-corrected chi connectivity index (χ1v) is 16.7. The van der Waals surface area contributed by atoms with Gasteiger partial charge in [-0.1, -0.05) is 127 Å². The molecular formula is C45H28N4O. The van der Waals surface area contributed by atoms with E-state index in [0.717, 1.165) is 66.5 Å². The van der Waals surface area contributed by atoms with E-state index < -0.39 is 0 Å². The van der Waals surface area contributed by atoms with Crippen molar-refractivity contribution >= 4 is 43.7 Å². The van der Waals surface area contributed by atoms with Gasteiger partial charge in [0.25, 0.3) is 0 Å². The highest BCUT2D eigenvalue weighted by Gasteiger charge is 2.22. The van der Waals surface area contributed by atoms with Crippen molar-refractivity contribution in [3.8, 4) is 51.0 Å². The monoisotopic (exact) mass is 640 g/mol. The fourth-order valence-electron chi connectivity index (χ4n) is 7.14. The Kier molecular flexibility index (Phi) is 6.42. The minimum absolute atomic E-state index is 0.627. The van der Waals surface area contributed by atoms with E-state index in [1.54, 1.807) is 0 Å². The summed E-state index contributed by atoms with van der Waals surface area (Å²) in [6, 6.07) is 58.5. The lowest BCUT2D eigenvalue weighted by Crippen LogP contribution is -2.00. The van der Waals surface area contributed by atoms with Crippen LogP contribution in [0, 0.1) is 0 Å². The summed E-state index contributed by atoms with van der Waals surface area (Å²) in [5.41, 5.74) is 10.1.